The van der Waals surface area contributed by atoms with E-state index in [1.807, 2.05) is 6.07 Å². The molecule has 86 valence electrons. The number of pyridine rings is 1. The minimum Gasteiger partial charge on any atom is -0.465 e. The first-order valence-electron chi connectivity index (χ1n) is 5.11. The molecule has 2 heterocycles. The molecule has 0 saturated carbocycles. The van der Waals surface area contributed by atoms with Crippen molar-refractivity contribution in [1.29, 1.82) is 0 Å². The Kier molecular flexibility index (Phi) is 2.80. The fourth-order valence-electron chi connectivity index (χ4n) is 1.71. The Balaban J connectivity index is 1.99. The molecule has 0 unspecified atom stereocenters. The van der Waals surface area contributed by atoms with Crippen molar-refractivity contribution in [3.63, 3.8) is 0 Å². The maximum absolute atomic E-state index is 10.7. The highest BCUT2D eigenvalue weighted by Gasteiger charge is 2.20. The van der Waals surface area contributed by atoms with Crippen molar-refractivity contribution >= 4 is 17.6 Å². The summed E-state index contributed by atoms with van der Waals surface area (Å²) in [6, 6.07) is 3.65. The Morgan fingerprint density at radius 2 is 2.00 bits per heavy atom. The molecule has 0 bridgehead atoms. The summed E-state index contributed by atoms with van der Waals surface area (Å²) in [4.78, 5) is 18.4. The zero-order valence-electron chi connectivity index (χ0n) is 8.83. The summed E-state index contributed by atoms with van der Waals surface area (Å²) in [5.41, 5.74) is 6.18. The van der Waals surface area contributed by atoms with Gasteiger partial charge in [0.25, 0.3) is 0 Å². The molecule has 3 N–H and O–H groups in total. The molecule has 6 heteroatoms. The van der Waals surface area contributed by atoms with Crippen LogP contribution < -0.4 is 10.6 Å². The van der Waals surface area contributed by atoms with Crippen LogP contribution in [-0.2, 0) is 0 Å². The van der Waals surface area contributed by atoms with Gasteiger partial charge in [0.2, 0.25) is 0 Å². The van der Waals surface area contributed by atoms with Gasteiger partial charge in [-0.1, -0.05) is 0 Å². The first kappa shape index (κ1) is 10.5. The predicted molar refractivity (Wildman–Crippen MR) is 60.5 cm³/mol. The quantitative estimate of drug-likeness (QED) is 0.721. The van der Waals surface area contributed by atoms with Crippen LogP contribution in [0, 0.1) is 0 Å². The van der Waals surface area contributed by atoms with Gasteiger partial charge >= 0.3 is 6.09 Å². The number of nitrogens with zero attached hydrogens (tertiary/aromatic N) is 3. The zero-order valence-corrected chi connectivity index (χ0v) is 8.83. The molecule has 2 rings (SSSR count). The summed E-state index contributed by atoms with van der Waals surface area (Å²) in [5, 5.41) is 8.81. The maximum atomic E-state index is 10.7. The van der Waals surface area contributed by atoms with Crippen LogP contribution in [0.1, 0.15) is 0 Å². The van der Waals surface area contributed by atoms with E-state index in [2.05, 4.69) is 9.88 Å². The Bertz CT molecular complexity index is 371. The summed E-state index contributed by atoms with van der Waals surface area (Å²) in [6.45, 7) is 2.37. The number of piperazine rings is 1. The van der Waals surface area contributed by atoms with Gasteiger partial charge in [0, 0.05) is 26.2 Å². The SMILES string of the molecule is Nc1ccc(N2CCN(C(=O)O)CC2)nc1. The molecule has 1 fully saturated rings. The third kappa shape index (κ3) is 2.16. The number of nitrogens with two attached hydrogens (primary N) is 1. The van der Waals surface area contributed by atoms with E-state index in [0.29, 0.717) is 31.9 Å². The van der Waals surface area contributed by atoms with E-state index in [-0.39, 0.29) is 0 Å². The lowest BCUT2D eigenvalue weighted by molar-refractivity contribution is 0.142. The summed E-state index contributed by atoms with van der Waals surface area (Å²) in [7, 11) is 0. The Hall–Kier alpha value is -1.98. The van der Waals surface area contributed by atoms with Crippen molar-refractivity contribution in [2.24, 2.45) is 0 Å². The van der Waals surface area contributed by atoms with Gasteiger partial charge in [-0.2, -0.15) is 0 Å². The van der Waals surface area contributed by atoms with Gasteiger partial charge in [0.1, 0.15) is 5.82 Å². The number of aromatic nitrogens is 1. The second-order valence-electron chi connectivity index (χ2n) is 3.71. The highest BCUT2D eigenvalue weighted by atomic mass is 16.4. The van der Waals surface area contributed by atoms with Gasteiger partial charge in [-0.3, -0.25) is 0 Å². The number of hydrogen-bond acceptors (Lipinski definition) is 4. The first-order valence-corrected chi connectivity index (χ1v) is 5.11. The molecule has 16 heavy (non-hydrogen) atoms. The smallest absolute Gasteiger partial charge is 0.407 e. The van der Waals surface area contributed by atoms with Gasteiger partial charge < -0.3 is 20.6 Å². The Labute approximate surface area is 93.3 Å². The van der Waals surface area contributed by atoms with Crippen LogP contribution in [-0.4, -0.2) is 47.3 Å². The summed E-state index contributed by atoms with van der Waals surface area (Å²) < 4.78 is 0. The zero-order chi connectivity index (χ0) is 11.5. The van der Waals surface area contributed by atoms with Crippen molar-refractivity contribution < 1.29 is 9.90 Å². The van der Waals surface area contributed by atoms with Gasteiger partial charge in [0.15, 0.2) is 0 Å². The molecule has 0 aliphatic carbocycles. The third-order valence-corrected chi connectivity index (χ3v) is 2.64. The molecular weight excluding hydrogens is 208 g/mol. The van der Waals surface area contributed by atoms with Gasteiger partial charge in [0.05, 0.1) is 11.9 Å². The van der Waals surface area contributed by atoms with Crippen LogP contribution in [0.25, 0.3) is 0 Å². The van der Waals surface area contributed by atoms with Crippen LogP contribution in [0.5, 0.6) is 0 Å². The average molecular weight is 222 g/mol. The van der Waals surface area contributed by atoms with Crippen molar-refractivity contribution in [2.45, 2.75) is 0 Å². The van der Waals surface area contributed by atoms with Crippen LogP contribution in [0.4, 0.5) is 16.3 Å². The number of rotatable bonds is 1. The van der Waals surface area contributed by atoms with Crippen LogP contribution in [0.15, 0.2) is 18.3 Å². The molecule has 0 radical (unpaired) electrons. The van der Waals surface area contributed by atoms with E-state index in [1.165, 1.54) is 4.90 Å². The second kappa shape index (κ2) is 4.26. The number of amides is 1. The number of anilines is 2. The normalized spacial score (nSPS) is 16.2. The summed E-state index contributed by atoms with van der Waals surface area (Å²) in [5.74, 6) is 0.847. The third-order valence-electron chi connectivity index (χ3n) is 2.64. The van der Waals surface area contributed by atoms with Crippen molar-refractivity contribution in [1.82, 2.24) is 9.88 Å². The van der Waals surface area contributed by atoms with Gasteiger partial charge in [-0.05, 0) is 12.1 Å². The van der Waals surface area contributed by atoms with Crippen molar-refractivity contribution in [3.05, 3.63) is 18.3 Å². The molecule has 1 aliphatic heterocycles. The van der Waals surface area contributed by atoms with Crippen molar-refractivity contribution in [3.8, 4) is 0 Å². The lowest BCUT2D eigenvalue weighted by atomic mass is 10.3. The van der Waals surface area contributed by atoms with Crippen molar-refractivity contribution in [2.75, 3.05) is 36.8 Å². The highest BCUT2D eigenvalue weighted by Crippen LogP contribution is 2.14. The standard InChI is InChI=1S/C10H14N4O2/c11-8-1-2-9(12-7-8)13-3-5-14(6-4-13)10(15)16/h1-2,7H,3-6,11H2,(H,15,16). The fourth-order valence-corrected chi connectivity index (χ4v) is 1.71. The average Bonchev–Trinajstić information content (AvgIpc) is 2.30. The molecular formula is C10H14N4O2. The van der Waals surface area contributed by atoms with Crippen LogP contribution in [0.2, 0.25) is 0 Å². The fraction of sp³-hybridized carbons (Fsp3) is 0.400. The first-order chi connectivity index (χ1) is 7.66. The predicted octanol–water partition coefficient (Wildman–Crippen LogP) is 0.464. The molecule has 0 atom stereocenters. The molecule has 1 aliphatic rings. The van der Waals surface area contributed by atoms with Crippen LogP contribution in [0.3, 0.4) is 0 Å². The monoisotopic (exact) mass is 222 g/mol. The molecule has 0 spiro atoms. The highest BCUT2D eigenvalue weighted by molar-refractivity contribution is 5.65. The van der Waals surface area contributed by atoms with E-state index < -0.39 is 6.09 Å². The molecule has 1 aromatic rings. The van der Waals surface area contributed by atoms with E-state index in [0.717, 1.165) is 5.82 Å². The number of nitrogen functional groups attached to an aromatic ring is 1. The minimum absolute atomic E-state index is 0.515. The van der Waals surface area contributed by atoms with E-state index >= 15 is 0 Å². The number of hydrogen-bond donors (Lipinski definition) is 2. The topological polar surface area (TPSA) is 82.7 Å². The van der Waals surface area contributed by atoms with E-state index in [4.69, 9.17) is 10.8 Å². The molecule has 1 amide bonds. The maximum Gasteiger partial charge on any atom is 0.407 e. The second-order valence-corrected chi connectivity index (χ2v) is 3.71. The Morgan fingerprint density at radius 1 is 1.31 bits per heavy atom. The lowest BCUT2D eigenvalue weighted by Crippen LogP contribution is -2.48. The summed E-state index contributed by atoms with van der Waals surface area (Å²) in [6.07, 6.45) is 0.753. The molecule has 6 nitrogen and oxygen atoms in total. The largest absolute Gasteiger partial charge is 0.465 e. The van der Waals surface area contributed by atoms with Gasteiger partial charge in [-0.15, -0.1) is 0 Å². The molecule has 1 saturated heterocycles. The summed E-state index contributed by atoms with van der Waals surface area (Å²) >= 11 is 0. The minimum atomic E-state index is -0.857. The van der Waals surface area contributed by atoms with Gasteiger partial charge in [-0.25, -0.2) is 9.78 Å². The van der Waals surface area contributed by atoms with E-state index in [9.17, 15) is 4.79 Å². The number of carbonyl (C=O) groups is 1. The van der Waals surface area contributed by atoms with E-state index in [1.54, 1.807) is 12.3 Å². The Morgan fingerprint density at radius 3 is 2.50 bits per heavy atom. The number of carboxylic acid groups (broad SMARTS) is 1. The lowest BCUT2D eigenvalue weighted by Gasteiger charge is -2.33. The molecule has 0 aromatic carbocycles. The molecule has 1 aromatic heterocycles. The van der Waals surface area contributed by atoms with Crippen LogP contribution >= 0.6 is 0 Å².